The van der Waals surface area contributed by atoms with E-state index in [-0.39, 0.29) is 24.6 Å². The molecule has 1 fully saturated rings. The van der Waals surface area contributed by atoms with Gasteiger partial charge in [0.05, 0.1) is 5.56 Å². The van der Waals surface area contributed by atoms with Crippen LogP contribution in [0.3, 0.4) is 0 Å². The number of hydrogen-bond acceptors (Lipinski definition) is 4. The van der Waals surface area contributed by atoms with E-state index in [4.69, 9.17) is 4.74 Å². The predicted molar refractivity (Wildman–Crippen MR) is 77.6 cm³/mol. The number of hydrogen-bond donors (Lipinski definition) is 3. The van der Waals surface area contributed by atoms with Crippen LogP contribution in [0.25, 0.3) is 0 Å². The first-order valence-corrected chi connectivity index (χ1v) is 7.01. The van der Waals surface area contributed by atoms with Gasteiger partial charge in [-0.3, -0.25) is 0 Å². The number of esters is 1. The summed E-state index contributed by atoms with van der Waals surface area (Å²) in [6.45, 7) is 2.36. The highest BCUT2D eigenvalue weighted by molar-refractivity contribution is 5.95. The number of nitrogens with one attached hydrogen (secondary N) is 3. The lowest BCUT2D eigenvalue weighted by Crippen LogP contribution is -2.38. The summed E-state index contributed by atoms with van der Waals surface area (Å²) >= 11 is 0. The molecular weight excluding hydrogens is 288 g/mol. The normalized spacial score (nSPS) is 16.1. The van der Waals surface area contributed by atoms with Crippen LogP contribution in [-0.2, 0) is 11.3 Å². The fraction of sp³-hybridized carbons (Fsp3) is 0.357. The van der Waals surface area contributed by atoms with E-state index in [9.17, 15) is 14.4 Å². The van der Waals surface area contributed by atoms with E-state index in [1.54, 1.807) is 23.1 Å². The van der Waals surface area contributed by atoms with Gasteiger partial charge in [-0.2, -0.15) is 0 Å². The second kappa shape index (κ2) is 5.92. The minimum Gasteiger partial charge on any atom is -0.457 e. The summed E-state index contributed by atoms with van der Waals surface area (Å²) in [7, 11) is 0. The smallest absolute Gasteiger partial charge is 0.338 e. The van der Waals surface area contributed by atoms with E-state index in [1.165, 1.54) is 0 Å². The van der Waals surface area contributed by atoms with Crippen molar-refractivity contribution in [1.82, 2.24) is 15.5 Å². The van der Waals surface area contributed by atoms with E-state index in [0.29, 0.717) is 37.4 Å². The van der Waals surface area contributed by atoms with Gasteiger partial charge in [-0.05, 0) is 18.2 Å². The summed E-state index contributed by atoms with van der Waals surface area (Å²) in [6, 6.07) is 4.54. The Kier molecular flexibility index (Phi) is 3.82. The second-order valence-electron chi connectivity index (χ2n) is 5.05. The number of anilines is 1. The topological polar surface area (TPSA) is 99.8 Å². The molecule has 1 aromatic carbocycles. The molecule has 0 atom stereocenters. The van der Waals surface area contributed by atoms with Crippen molar-refractivity contribution in [2.75, 3.05) is 31.5 Å². The fourth-order valence-electron chi connectivity index (χ4n) is 2.42. The molecule has 22 heavy (non-hydrogen) atoms. The zero-order valence-electron chi connectivity index (χ0n) is 11.8. The van der Waals surface area contributed by atoms with E-state index >= 15 is 0 Å². The summed E-state index contributed by atoms with van der Waals surface area (Å²) in [6.07, 6.45) is 0. The zero-order valence-corrected chi connectivity index (χ0v) is 11.8. The Labute approximate surface area is 126 Å². The molecule has 8 heteroatoms. The number of fused-ring (bicyclic) bond motifs is 1. The van der Waals surface area contributed by atoms with Gasteiger partial charge in [0.1, 0.15) is 6.61 Å². The average molecular weight is 304 g/mol. The summed E-state index contributed by atoms with van der Waals surface area (Å²) in [5.41, 5.74) is 1.89. The van der Waals surface area contributed by atoms with Gasteiger partial charge in [0.2, 0.25) is 0 Å². The summed E-state index contributed by atoms with van der Waals surface area (Å²) in [5.74, 6) is -0.338. The van der Waals surface area contributed by atoms with Crippen LogP contribution < -0.4 is 16.0 Å². The molecule has 0 saturated carbocycles. The maximum absolute atomic E-state index is 11.8. The molecule has 1 aromatic rings. The lowest BCUT2D eigenvalue weighted by Gasteiger charge is -2.14. The molecule has 2 aliphatic rings. The number of carbonyl (C=O) groups is 3. The number of carbonyl (C=O) groups excluding carboxylic acids is 3. The van der Waals surface area contributed by atoms with Crippen LogP contribution in [0.15, 0.2) is 18.2 Å². The van der Waals surface area contributed by atoms with Crippen molar-refractivity contribution in [2.45, 2.75) is 6.61 Å². The third-order valence-electron chi connectivity index (χ3n) is 3.55. The van der Waals surface area contributed by atoms with Crippen LogP contribution in [0, 0.1) is 0 Å². The number of benzene rings is 1. The van der Waals surface area contributed by atoms with Gasteiger partial charge in [0.25, 0.3) is 0 Å². The van der Waals surface area contributed by atoms with Gasteiger partial charge in [-0.15, -0.1) is 0 Å². The van der Waals surface area contributed by atoms with Crippen LogP contribution in [0.5, 0.6) is 0 Å². The van der Waals surface area contributed by atoms with Crippen molar-refractivity contribution in [3.8, 4) is 0 Å². The second-order valence-corrected chi connectivity index (χ2v) is 5.05. The summed E-state index contributed by atoms with van der Waals surface area (Å²) < 4.78 is 4.90. The Hall–Kier alpha value is -2.77. The van der Waals surface area contributed by atoms with Crippen LogP contribution in [0.2, 0.25) is 0 Å². The SMILES string of the molecule is O=C(NCCN1CCNC1=O)Nc1ccc2c(c1)COC2=O. The van der Waals surface area contributed by atoms with E-state index in [1.807, 2.05) is 0 Å². The Morgan fingerprint density at radius 3 is 3.00 bits per heavy atom. The van der Waals surface area contributed by atoms with Crippen molar-refractivity contribution in [3.05, 3.63) is 29.3 Å². The maximum Gasteiger partial charge on any atom is 0.338 e. The number of cyclic esters (lactones) is 1. The number of amides is 4. The van der Waals surface area contributed by atoms with Crippen LogP contribution in [0.1, 0.15) is 15.9 Å². The number of ether oxygens (including phenoxy) is 1. The maximum atomic E-state index is 11.8. The van der Waals surface area contributed by atoms with Gasteiger partial charge < -0.3 is 25.6 Å². The minimum absolute atomic E-state index is 0.106. The molecule has 0 aliphatic carbocycles. The first-order chi connectivity index (χ1) is 10.6. The Morgan fingerprint density at radius 1 is 1.36 bits per heavy atom. The standard InChI is InChI=1S/C14H16N4O4/c19-12-11-2-1-10(7-9(11)8-22-12)17-13(20)15-3-5-18-6-4-16-14(18)21/h1-2,7H,3-6,8H2,(H,16,21)(H2,15,17,20). The molecule has 0 radical (unpaired) electrons. The zero-order chi connectivity index (χ0) is 15.5. The Balaban J connectivity index is 1.48. The van der Waals surface area contributed by atoms with Crippen molar-refractivity contribution < 1.29 is 19.1 Å². The minimum atomic E-state index is -0.357. The van der Waals surface area contributed by atoms with Crippen molar-refractivity contribution in [2.24, 2.45) is 0 Å². The number of urea groups is 2. The molecule has 8 nitrogen and oxygen atoms in total. The Bertz CT molecular complexity index is 631. The lowest BCUT2D eigenvalue weighted by atomic mass is 10.1. The van der Waals surface area contributed by atoms with E-state index < -0.39 is 0 Å². The van der Waals surface area contributed by atoms with Crippen LogP contribution in [-0.4, -0.2) is 49.1 Å². The largest absolute Gasteiger partial charge is 0.457 e. The molecule has 116 valence electrons. The van der Waals surface area contributed by atoms with Crippen molar-refractivity contribution in [3.63, 3.8) is 0 Å². The van der Waals surface area contributed by atoms with Gasteiger partial charge in [0, 0.05) is 37.4 Å². The third-order valence-corrected chi connectivity index (χ3v) is 3.55. The highest BCUT2D eigenvalue weighted by Crippen LogP contribution is 2.23. The van der Waals surface area contributed by atoms with Crippen molar-refractivity contribution in [1.29, 1.82) is 0 Å². The molecule has 2 heterocycles. The third kappa shape index (κ3) is 2.95. The molecule has 1 saturated heterocycles. The molecule has 0 aromatic heterocycles. The molecule has 0 unspecified atom stereocenters. The molecule has 0 bridgehead atoms. The van der Waals surface area contributed by atoms with Crippen LogP contribution >= 0.6 is 0 Å². The monoisotopic (exact) mass is 304 g/mol. The van der Waals surface area contributed by atoms with E-state index in [2.05, 4.69) is 16.0 Å². The van der Waals surface area contributed by atoms with Gasteiger partial charge in [-0.1, -0.05) is 0 Å². The predicted octanol–water partition coefficient (Wildman–Crippen LogP) is 0.504. The highest BCUT2D eigenvalue weighted by atomic mass is 16.5. The lowest BCUT2D eigenvalue weighted by molar-refractivity contribution is 0.0535. The average Bonchev–Trinajstić information content (AvgIpc) is 3.06. The molecule has 3 N–H and O–H groups in total. The summed E-state index contributed by atoms with van der Waals surface area (Å²) in [4.78, 5) is 36.1. The molecule has 3 rings (SSSR count). The number of nitrogens with zero attached hydrogens (tertiary/aromatic N) is 1. The first-order valence-electron chi connectivity index (χ1n) is 7.01. The van der Waals surface area contributed by atoms with Crippen molar-refractivity contribution >= 4 is 23.7 Å². The Morgan fingerprint density at radius 2 is 2.23 bits per heavy atom. The van der Waals surface area contributed by atoms with E-state index in [0.717, 1.165) is 5.56 Å². The quantitative estimate of drug-likeness (QED) is 0.705. The summed E-state index contributed by atoms with van der Waals surface area (Å²) in [5, 5.41) is 8.07. The molecule has 0 spiro atoms. The molecule has 4 amide bonds. The first kappa shape index (κ1) is 14.2. The molecular formula is C14H16N4O4. The molecule has 2 aliphatic heterocycles. The van der Waals surface area contributed by atoms with Gasteiger partial charge >= 0.3 is 18.0 Å². The van der Waals surface area contributed by atoms with Gasteiger partial charge in [-0.25, -0.2) is 14.4 Å². The number of rotatable bonds is 4. The highest BCUT2D eigenvalue weighted by Gasteiger charge is 2.21. The van der Waals surface area contributed by atoms with Crippen LogP contribution in [0.4, 0.5) is 15.3 Å². The van der Waals surface area contributed by atoms with Gasteiger partial charge in [0.15, 0.2) is 0 Å². The fourth-order valence-corrected chi connectivity index (χ4v) is 2.42.